The second-order valence-electron chi connectivity index (χ2n) is 4.47. The van der Waals surface area contributed by atoms with Crippen LogP contribution in [0.15, 0.2) is 53.5 Å². The Morgan fingerprint density at radius 1 is 0.889 bits per heavy atom. The third kappa shape index (κ3) is 1.48. The fourth-order valence-corrected chi connectivity index (χ4v) is 2.29. The third-order valence-corrected chi connectivity index (χ3v) is 3.39. The van der Waals surface area contributed by atoms with Crippen LogP contribution in [0, 0.1) is 0 Å². The highest BCUT2D eigenvalue weighted by Gasteiger charge is 2.11. The molecule has 3 nitrogen and oxygen atoms in total. The summed E-state index contributed by atoms with van der Waals surface area (Å²) >= 11 is 0. The smallest absolute Gasteiger partial charge is 0.274 e. The van der Waals surface area contributed by atoms with Crippen LogP contribution in [0.5, 0.6) is 0 Å². The van der Waals surface area contributed by atoms with E-state index in [0.29, 0.717) is 0 Å². The maximum absolute atomic E-state index is 12.2. The number of aromatic nitrogens is 2. The molecule has 0 N–H and O–H groups in total. The Kier molecular flexibility index (Phi) is 2.33. The maximum atomic E-state index is 12.2. The largest absolute Gasteiger partial charge is 0.293 e. The van der Waals surface area contributed by atoms with Gasteiger partial charge in [0.2, 0.25) is 0 Å². The zero-order chi connectivity index (χ0) is 12.7. The van der Waals surface area contributed by atoms with E-state index < -0.39 is 0 Å². The van der Waals surface area contributed by atoms with Gasteiger partial charge in [-0.05, 0) is 16.3 Å². The molecule has 0 aliphatic carbocycles. The van der Waals surface area contributed by atoms with E-state index >= 15 is 0 Å². The second kappa shape index (κ2) is 3.88. The Bertz CT molecular complexity index is 775. The van der Waals surface area contributed by atoms with Crippen molar-refractivity contribution in [3.05, 3.63) is 59.0 Å². The maximum Gasteiger partial charge on any atom is 0.274 e. The number of hydrogen-bond acceptors (Lipinski definition) is 1. The van der Waals surface area contributed by atoms with Gasteiger partial charge < -0.3 is 0 Å². The molecule has 1 heterocycles. The Morgan fingerprint density at radius 3 is 2.33 bits per heavy atom. The van der Waals surface area contributed by atoms with Crippen molar-refractivity contribution in [2.75, 3.05) is 0 Å². The van der Waals surface area contributed by atoms with Crippen LogP contribution in [0.2, 0.25) is 0 Å². The highest BCUT2D eigenvalue weighted by Crippen LogP contribution is 2.26. The topological polar surface area (TPSA) is 26.9 Å². The molecule has 0 unspecified atom stereocenters. The van der Waals surface area contributed by atoms with E-state index in [1.54, 1.807) is 16.4 Å². The summed E-state index contributed by atoms with van der Waals surface area (Å²) in [6, 6.07) is 14.2. The van der Waals surface area contributed by atoms with Gasteiger partial charge in [-0.25, -0.2) is 0 Å². The van der Waals surface area contributed by atoms with Gasteiger partial charge in [-0.15, -0.1) is 0 Å². The molecule has 0 amide bonds. The lowest BCUT2D eigenvalue weighted by Crippen LogP contribution is -2.17. The molecule has 2 aromatic carbocycles. The van der Waals surface area contributed by atoms with E-state index in [1.165, 1.54) is 0 Å². The van der Waals surface area contributed by atoms with Gasteiger partial charge in [0.05, 0.1) is 5.56 Å². The van der Waals surface area contributed by atoms with Crippen molar-refractivity contribution in [3.8, 4) is 11.1 Å². The number of benzene rings is 2. The van der Waals surface area contributed by atoms with E-state index in [-0.39, 0.29) is 5.56 Å². The van der Waals surface area contributed by atoms with Crippen molar-refractivity contribution in [3.63, 3.8) is 0 Å². The van der Waals surface area contributed by atoms with Crippen molar-refractivity contribution in [2.45, 2.75) is 0 Å². The normalized spacial score (nSPS) is 11.0. The van der Waals surface area contributed by atoms with Crippen molar-refractivity contribution >= 4 is 10.8 Å². The van der Waals surface area contributed by atoms with E-state index in [2.05, 4.69) is 18.2 Å². The SMILES string of the molecule is Cn1cc(-c2cccc3ccccc23)c(=O)n1C. The molecule has 0 bridgehead atoms. The highest BCUT2D eigenvalue weighted by atomic mass is 16.1. The van der Waals surface area contributed by atoms with Crippen LogP contribution in [0.25, 0.3) is 21.9 Å². The quantitative estimate of drug-likeness (QED) is 0.640. The van der Waals surface area contributed by atoms with Crippen molar-refractivity contribution in [2.24, 2.45) is 14.1 Å². The fourth-order valence-electron chi connectivity index (χ4n) is 2.29. The molecule has 0 spiro atoms. The number of nitrogens with zero attached hydrogens (tertiary/aromatic N) is 2. The van der Waals surface area contributed by atoms with Gasteiger partial charge in [-0.3, -0.25) is 14.2 Å². The Morgan fingerprint density at radius 2 is 1.61 bits per heavy atom. The van der Waals surface area contributed by atoms with Gasteiger partial charge in [-0.1, -0.05) is 42.5 Å². The van der Waals surface area contributed by atoms with Crippen molar-refractivity contribution in [1.29, 1.82) is 0 Å². The van der Waals surface area contributed by atoms with Gasteiger partial charge in [0, 0.05) is 20.3 Å². The minimum absolute atomic E-state index is 0.0360. The van der Waals surface area contributed by atoms with Crippen LogP contribution in [0.3, 0.4) is 0 Å². The molecule has 0 saturated heterocycles. The summed E-state index contributed by atoms with van der Waals surface area (Å²) in [6.45, 7) is 0. The number of aryl methyl sites for hydroxylation is 1. The van der Waals surface area contributed by atoms with Crippen LogP contribution < -0.4 is 5.56 Å². The first-order valence-electron chi connectivity index (χ1n) is 5.89. The first-order chi connectivity index (χ1) is 8.68. The van der Waals surface area contributed by atoms with Crippen LogP contribution in [0.4, 0.5) is 0 Å². The van der Waals surface area contributed by atoms with Crippen molar-refractivity contribution in [1.82, 2.24) is 9.36 Å². The predicted molar refractivity (Wildman–Crippen MR) is 73.6 cm³/mol. The minimum Gasteiger partial charge on any atom is -0.293 e. The molecule has 3 heteroatoms. The molecule has 0 aliphatic rings. The summed E-state index contributed by atoms with van der Waals surface area (Å²) in [4.78, 5) is 12.2. The zero-order valence-corrected chi connectivity index (χ0v) is 10.4. The van der Waals surface area contributed by atoms with Crippen LogP contribution in [-0.2, 0) is 14.1 Å². The average Bonchev–Trinajstić information content (AvgIpc) is 2.66. The number of hydrogen-bond donors (Lipinski definition) is 0. The highest BCUT2D eigenvalue weighted by molar-refractivity contribution is 5.96. The first kappa shape index (κ1) is 10.8. The van der Waals surface area contributed by atoms with Crippen LogP contribution in [-0.4, -0.2) is 9.36 Å². The molecule has 0 radical (unpaired) electrons. The molecule has 0 fully saturated rings. The van der Waals surface area contributed by atoms with Gasteiger partial charge in [0.1, 0.15) is 0 Å². The lowest BCUT2D eigenvalue weighted by molar-refractivity contribution is 0.579. The Balaban J connectivity index is 2.39. The molecule has 18 heavy (non-hydrogen) atoms. The monoisotopic (exact) mass is 238 g/mol. The second-order valence-corrected chi connectivity index (χ2v) is 4.47. The van der Waals surface area contributed by atoms with Gasteiger partial charge in [0.15, 0.2) is 0 Å². The molecule has 3 aromatic rings. The van der Waals surface area contributed by atoms with Gasteiger partial charge in [-0.2, -0.15) is 0 Å². The standard InChI is InChI=1S/C15H14N2O/c1-16-10-14(15(18)17(16)2)13-9-5-7-11-6-3-4-8-12(11)13/h3-10H,1-2H3. The molecule has 1 aromatic heterocycles. The first-order valence-corrected chi connectivity index (χ1v) is 5.89. The Labute approximate surface area is 105 Å². The van der Waals surface area contributed by atoms with Crippen LogP contribution in [0.1, 0.15) is 0 Å². The summed E-state index contributed by atoms with van der Waals surface area (Å²) in [5, 5.41) is 2.27. The van der Waals surface area contributed by atoms with Crippen LogP contribution >= 0.6 is 0 Å². The van der Waals surface area contributed by atoms with E-state index in [1.807, 2.05) is 37.5 Å². The van der Waals surface area contributed by atoms with Gasteiger partial charge in [0.25, 0.3) is 5.56 Å². The summed E-state index contributed by atoms with van der Waals surface area (Å²) in [6.07, 6.45) is 1.88. The Hall–Kier alpha value is -2.29. The lowest BCUT2D eigenvalue weighted by atomic mass is 10.0. The minimum atomic E-state index is 0.0360. The molecular formula is C15H14N2O. The summed E-state index contributed by atoms with van der Waals surface area (Å²) in [5.74, 6) is 0. The zero-order valence-electron chi connectivity index (χ0n) is 10.4. The summed E-state index contributed by atoms with van der Waals surface area (Å²) < 4.78 is 3.41. The fraction of sp³-hybridized carbons (Fsp3) is 0.133. The number of rotatable bonds is 1. The molecule has 0 saturated carbocycles. The molecule has 3 rings (SSSR count). The molecule has 0 aliphatic heterocycles. The molecular weight excluding hydrogens is 224 g/mol. The average molecular weight is 238 g/mol. The lowest BCUT2D eigenvalue weighted by Gasteiger charge is -2.03. The summed E-state index contributed by atoms with van der Waals surface area (Å²) in [5.41, 5.74) is 1.78. The van der Waals surface area contributed by atoms with Gasteiger partial charge >= 0.3 is 0 Å². The number of fused-ring (bicyclic) bond motifs is 1. The van der Waals surface area contributed by atoms with E-state index in [9.17, 15) is 4.79 Å². The van der Waals surface area contributed by atoms with Crippen molar-refractivity contribution < 1.29 is 0 Å². The molecule has 90 valence electrons. The summed E-state index contributed by atoms with van der Waals surface area (Å²) in [7, 11) is 3.65. The third-order valence-electron chi connectivity index (χ3n) is 3.39. The molecule has 0 atom stereocenters. The van der Waals surface area contributed by atoms with E-state index in [0.717, 1.165) is 21.9 Å². The van der Waals surface area contributed by atoms with E-state index in [4.69, 9.17) is 0 Å². The predicted octanol–water partition coefficient (Wildman–Crippen LogP) is 2.54.